The minimum atomic E-state index is 0.166. The Hall–Kier alpha value is -1.26. The van der Waals surface area contributed by atoms with Crippen molar-refractivity contribution in [3.63, 3.8) is 0 Å². The van der Waals surface area contributed by atoms with E-state index in [4.69, 9.17) is 0 Å². The molecule has 0 bridgehead atoms. The van der Waals surface area contributed by atoms with Crippen molar-refractivity contribution >= 4 is 11.3 Å². The lowest BCUT2D eigenvalue weighted by Gasteiger charge is -2.06. The number of pyridine rings is 1. The van der Waals surface area contributed by atoms with Gasteiger partial charge in [0.2, 0.25) is 0 Å². The van der Waals surface area contributed by atoms with Crippen molar-refractivity contribution in [3.8, 4) is 11.3 Å². The Labute approximate surface area is 98.8 Å². The quantitative estimate of drug-likeness (QED) is 0.884. The van der Waals surface area contributed by atoms with Crippen molar-refractivity contribution < 1.29 is 5.11 Å². The van der Waals surface area contributed by atoms with E-state index in [0.29, 0.717) is 0 Å². The van der Waals surface area contributed by atoms with E-state index in [0.717, 1.165) is 22.7 Å². The number of hydrogen-bond donors (Lipinski definition) is 1. The Morgan fingerprint density at radius 1 is 1.38 bits per heavy atom. The summed E-state index contributed by atoms with van der Waals surface area (Å²) in [5.74, 6) is 0.167. The highest BCUT2D eigenvalue weighted by atomic mass is 32.1. The van der Waals surface area contributed by atoms with E-state index in [1.165, 1.54) is 0 Å². The summed E-state index contributed by atoms with van der Waals surface area (Å²) in [4.78, 5) is 8.53. The van der Waals surface area contributed by atoms with Gasteiger partial charge in [0.1, 0.15) is 0 Å². The molecule has 3 nitrogen and oxygen atoms in total. The third-order valence-electron chi connectivity index (χ3n) is 2.56. The average molecular weight is 234 g/mol. The van der Waals surface area contributed by atoms with E-state index in [9.17, 15) is 5.11 Å². The molecule has 0 aliphatic carbocycles. The van der Waals surface area contributed by atoms with Gasteiger partial charge in [0, 0.05) is 29.3 Å². The zero-order valence-corrected chi connectivity index (χ0v) is 9.94. The summed E-state index contributed by atoms with van der Waals surface area (Å²) in [6.07, 6.45) is 4.44. The summed E-state index contributed by atoms with van der Waals surface area (Å²) >= 11 is 1.61. The van der Waals surface area contributed by atoms with Crippen molar-refractivity contribution in [3.05, 3.63) is 34.9 Å². The fraction of sp³-hybridized carbons (Fsp3) is 0.333. The fourth-order valence-electron chi connectivity index (χ4n) is 1.51. The second-order valence-electron chi connectivity index (χ2n) is 3.59. The zero-order chi connectivity index (χ0) is 11.4. The van der Waals surface area contributed by atoms with Crippen LogP contribution in [0.15, 0.2) is 29.9 Å². The van der Waals surface area contributed by atoms with Crippen LogP contribution in [0.3, 0.4) is 0 Å². The Balaban J connectivity index is 2.26. The Morgan fingerprint density at radius 3 is 2.75 bits per heavy atom. The van der Waals surface area contributed by atoms with Crippen LogP contribution in [0.4, 0.5) is 0 Å². The molecule has 0 aromatic carbocycles. The predicted octanol–water partition coefficient (Wildman–Crippen LogP) is 2.69. The van der Waals surface area contributed by atoms with E-state index in [-0.39, 0.29) is 12.5 Å². The van der Waals surface area contributed by atoms with Crippen LogP contribution in [0.2, 0.25) is 0 Å². The van der Waals surface area contributed by atoms with Crippen LogP contribution in [0.1, 0.15) is 24.3 Å². The third kappa shape index (κ3) is 2.28. The number of aliphatic hydroxyl groups is 1. The molecule has 0 spiro atoms. The second kappa shape index (κ2) is 5.18. The second-order valence-corrected chi connectivity index (χ2v) is 4.48. The summed E-state index contributed by atoms with van der Waals surface area (Å²) in [7, 11) is 0. The van der Waals surface area contributed by atoms with E-state index >= 15 is 0 Å². The lowest BCUT2D eigenvalue weighted by Crippen LogP contribution is -2.01. The maximum Gasteiger partial charge on any atom is 0.0986 e. The lowest BCUT2D eigenvalue weighted by molar-refractivity contribution is 0.262. The first-order valence-electron chi connectivity index (χ1n) is 5.31. The first kappa shape index (κ1) is 11.2. The molecule has 2 aromatic rings. The monoisotopic (exact) mass is 234 g/mol. The summed E-state index contributed by atoms with van der Waals surface area (Å²) in [6, 6.07) is 3.89. The van der Waals surface area contributed by atoms with Gasteiger partial charge < -0.3 is 5.11 Å². The molecule has 0 aliphatic heterocycles. The largest absolute Gasteiger partial charge is 0.396 e. The first-order valence-corrected chi connectivity index (χ1v) is 6.19. The van der Waals surface area contributed by atoms with Crippen LogP contribution in [-0.4, -0.2) is 21.7 Å². The van der Waals surface area contributed by atoms with Crippen molar-refractivity contribution in [2.75, 3.05) is 6.61 Å². The summed E-state index contributed by atoms with van der Waals surface area (Å²) in [6.45, 7) is 2.23. The fourth-order valence-corrected chi connectivity index (χ4v) is 2.52. The molecule has 2 heterocycles. The molecule has 1 unspecified atom stereocenters. The van der Waals surface area contributed by atoms with E-state index in [1.54, 1.807) is 23.7 Å². The molecule has 2 aromatic heterocycles. The van der Waals surface area contributed by atoms with Gasteiger partial charge in [-0.15, -0.1) is 11.3 Å². The summed E-state index contributed by atoms with van der Waals surface area (Å²) in [5.41, 5.74) is 2.04. The minimum Gasteiger partial charge on any atom is -0.396 e. The number of aromatic nitrogens is 2. The van der Waals surface area contributed by atoms with Crippen LogP contribution in [-0.2, 0) is 0 Å². The average Bonchev–Trinajstić information content (AvgIpc) is 2.81. The normalized spacial score (nSPS) is 12.6. The molecule has 2 rings (SSSR count). The summed E-state index contributed by atoms with van der Waals surface area (Å²) in [5, 5.41) is 12.3. The minimum absolute atomic E-state index is 0.166. The summed E-state index contributed by atoms with van der Waals surface area (Å²) < 4.78 is 0. The molecule has 0 amide bonds. The molecular formula is C12H14N2OS. The van der Waals surface area contributed by atoms with Gasteiger partial charge in [-0.05, 0) is 18.6 Å². The molecule has 0 fully saturated rings. The standard InChI is InChI=1S/C12H14N2OS/c1-2-9(7-15)12-14-11(8-16-12)10-3-5-13-6-4-10/h3-6,8-9,15H,2,7H2,1H3. The van der Waals surface area contributed by atoms with Crippen molar-refractivity contribution in [1.82, 2.24) is 9.97 Å². The van der Waals surface area contributed by atoms with Crippen LogP contribution in [0.5, 0.6) is 0 Å². The van der Waals surface area contributed by atoms with Gasteiger partial charge in [-0.25, -0.2) is 4.98 Å². The van der Waals surface area contributed by atoms with Gasteiger partial charge in [-0.3, -0.25) is 4.98 Å². The molecular weight excluding hydrogens is 220 g/mol. The van der Waals surface area contributed by atoms with Crippen LogP contribution < -0.4 is 0 Å². The number of nitrogens with zero attached hydrogens (tertiary/aromatic N) is 2. The van der Waals surface area contributed by atoms with Gasteiger partial charge >= 0.3 is 0 Å². The topological polar surface area (TPSA) is 46.0 Å². The van der Waals surface area contributed by atoms with Crippen molar-refractivity contribution in [2.45, 2.75) is 19.3 Å². The Kier molecular flexibility index (Phi) is 3.64. The smallest absolute Gasteiger partial charge is 0.0986 e. The lowest BCUT2D eigenvalue weighted by atomic mass is 10.1. The molecule has 0 aliphatic rings. The number of rotatable bonds is 4. The van der Waals surface area contributed by atoms with E-state index in [2.05, 4.69) is 16.9 Å². The molecule has 84 valence electrons. The molecule has 0 saturated heterocycles. The molecule has 1 atom stereocenters. The number of thiazole rings is 1. The highest BCUT2D eigenvalue weighted by molar-refractivity contribution is 7.10. The highest BCUT2D eigenvalue weighted by Gasteiger charge is 2.13. The Bertz CT molecular complexity index is 437. The predicted molar refractivity (Wildman–Crippen MR) is 65.5 cm³/mol. The van der Waals surface area contributed by atoms with E-state index in [1.807, 2.05) is 17.5 Å². The van der Waals surface area contributed by atoms with Gasteiger partial charge in [-0.2, -0.15) is 0 Å². The molecule has 0 radical (unpaired) electrons. The van der Waals surface area contributed by atoms with Gasteiger partial charge in [0.15, 0.2) is 0 Å². The van der Waals surface area contributed by atoms with Crippen LogP contribution >= 0.6 is 11.3 Å². The zero-order valence-electron chi connectivity index (χ0n) is 9.13. The van der Waals surface area contributed by atoms with E-state index < -0.39 is 0 Å². The number of aliphatic hydroxyl groups excluding tert-OH is 1. The van der Waals surface area contributed by atoms with Crippen LogP contribution in [0.25, 0.3) is 11.3 Å². The van der Waals surface area contributed by atoms with Gasteiger partial charge in [-0.1, -0.05) is 6.92 Å². The molecule has 1 N–H and O–H groups in total. The molecule has 0 saturated carbocycles. The maximum atomic E-state index is 9.22. The highest BCUT2D eigenvalue weighted by Crippen LogP contribution is 2.27. The SMILES string of the molecule is CCC(CO)c1nc(-c2ccncc2)cs1. The van der Waals surface area contributed by atoms with Gasteiger partial charge in [0.25, 0.3) is 0 Å². The third-order valence-corrected chi connectivity index (χ3v) is 3.57. The Morgan fingerprint density at radius 2 is 2.12 bits per heavy atom. The maximum absolute atomic E-state index is 9.22. The van der Waals surface area contributed by atoms with Crippen molar-refractivity contribution in [1.29, 1.82) is 0 Å². The molecule has 4 heteroatoms. The molecule has 16 heavy (non-hydrogen) atoms. The van der Waals surface area contributed by atoms with Crippen LogP contribution in [0, 0.1) is 0 Å². The first-order chi connectivity index (χ1) is 7.85. The number of hydrogen-bond acceptors (Lipinski definition) is 4. The van der Waals surface area contributed by atoms with Crippen molar-refractivity contribution in [2.24, 2.45) is 0 Å². The van der Waals surface area contributed by atoms with Gasteiger partial charge in [0.05, 0.1) is 17.3 Å².